The normalized spacial score (nSPS) is 31.2. The number of hydrogen-bond donors (Lipinski definition) is 1. The predicted molar refractivity (Wildman–Crippen MR) is 101 cm³/mol. The Bertz CT molecular complexity index is 771. The van der Waals surface area contributed by atoms with Crippen LogP contribution in [0.5, 0.6) is 0 Å². The van der Waals surface area contributed by atoms with Gasteiger partial charge in [-0.2, -0.15) is 4.98 Å². The topological polar surface area (TPSA) is 96.4 Å². The summed E-state index contributed by atoms with van der Waals surface area (Å²) in [5, 5.41) is 0. The number of halogens is 1. The van der Waals surface area contributed by atoms with Crippen LogP contribution in [0.3, 0.4) is 0 Å². The van der Waals surface area contributed by atoms with Gasteiger partial charge < -0.3 is 15.2 Å². The minimum absolute atomic E-state index is 0.125. The minimum atomic E-state index is -0.838. The average molecular weight is 399 g/mol. The summed E-state index contributed by atoms with van der Waals surface area (Å²) in [6, 6.07) is 0. The first-order valence-electron chi connectivity index (χ1n) is 9.21. The third kappa shape index (κ3) is 4.29. The van der Waals surface area contributed by atoms with Crippen LogP contribution in [0, 0.1) is 17.2 Å². The van der Waals surface area contributed by atoms with Crippen LogP contribution in [-0.4, -0.2) is 32.8 Å². The van der Waals surface area contributed by atoms with E-state index in [9.17, 15) is 14.0 Å². The maximum absolute atomic E-state index is 13.6. The highest BCUT2D eigenvalue weighted by molar-refractivity contribution is 8.00. The molecule has 0 spiro atoms. The van der Waals surface area contributed by atoms with Gasteiger partial charge in [-0.05, 0) is 37.0 Å². The van der Waals surface area contributed by atoms with E-state index in [-0.39, 0.29) is 11.5 Å². The second-order valence-corrected chi connectivity index (χ2v) is 8.98. The molecule has 1 saturated heterocycles. The van der Waals surface area contributed by atoms with Crippen molar-refractivity contribution in [3.8, 4) is 0 Å². The van der Waals surface area contributed by atoms with Gasteiger partial charge in [-0.25, -0.2) is 14.0 Å². The zero-order chi connectivity index (χ0) is 19.8. The molecule has 150 valence electrons. The van der Waals surface area contributed by atoms with E-state index in [1.807, 2.05) is 0 Å². The number of carbonyl (C=O) groups is 1. The maximum Gasteiger partial charge on any atom is 0.351 e. The van der Waals surface area contributed by atoms with Gasteiger partial charge in [0.15, 0.2) is 11.6 Å². The van der Waals surface area contributed by atoms with Crippen LogP contribution in [0.15, 0.2) is 11.0 Å². The molecule has 1 aromatic rings. The minimum Gasteiger partial charge on any atom is -0.460 e. The number of carbonyl (C=O) groups excluding carboxylic acids is 1. The van der Waals surface area contributed by atoms with Crippen LogP contribution in [0.1, 0.15) is 52.7 Å². The summed E-state index contributed by atoms with van der Waals surface area (Å²) in [5.41, 5.74) is 3.90. The third-order valence-corrected chi connectivity index (χ3v) is 6.84. The lowest BCUT2D eigenvalue weighted by molar-refractivity contribution is -0.163. The number of thioether (sulfide) groups is 1. The van der Waals surface area contributed by atoms with Crippen molar-refractivity contribution < 1.29 is 18.7 Å². The van der Waals surface area contributed by atoms with Crippen molar-refractivity contribution in [2.75, 3.05) is 11.5 Å². The average Bonchev–Trinajstić information content (AvgIpc) is 3.08. The summed E-state index contributed by atoms with van der Waals surface area (Å²) in [6.45, 7) is 6.63. The van der Waals surface area contributed by atoms with Crippen LogP contribution >= 0.6 is 11.8 Å². The fourth-order valence-corrected chi connectivity index (χ4v) is 4.60. The quantitative estimate of drug-likeness (QED) is 0.778. The first-order valence-corrected chi connectivity index (χ1v) is 10.3. The molecule has 0 radical (unpaired) electrons. The van der Waals surface area contributed by atoms with Crippen molar-refractivity contribution >= 4 is 23.5 Å². The smallest absolute Gasteiger partial charge is 0.351 e. The number of ether oxygens (including phenoxy) is 2. The first-order chi connectivity index (χ1) is 12.7. The Morgan fingerprint density at radius 2 is 2.30 bits per heavy atom. The molecule has 2 N–H and O–H groups in total. The van der Waals surface area contributed by atoms with E-state index in [0.29, 0.717) is 11.7 Å². The van der Waals surface area contributed by atoms with Crippen LogP contribution in [0.2, 0.25) is 0 Å². The Morgan fingerprint density at radius 1 is 1.56 bits per heavy atom. The Kier molecular flexibility index (Phi) is 5.81. The number of aromatic nitrogens is 2. The zero-order valence-electron chi connectivity index (χ0n) is 15.8. The SMILES string of the molecule is CC(C)C1(C)CCCC(OC(=O)[C@@H]2O[C@H](n3cc(F)c(N)nc3=O)CS2)C1. The van der Waals surface area contributed by atoms with Crippen molar-refractivity contribution in [1.82, 2.24) is 9.55 Å². The summed E-state index contributed by atoms with van der Waals surface area (Å²) in [6.07, 6.45) is 3.90. The number of nitrogen functional groups attached to an aromatic ring is 1. The van der Waals surface area contributed by atoms with Gasteiger partial charge >= 0.3 is 11.7 Å². The van der Waals surface area contributed by atoms with Crippen LogP contribution in [-0.2, 0) is 14.3 Å². The molecule has 1 aliphatic carbocycles. The van der Waals surface area contributed by atoms with Crippen LogP contribution < -0.4 is 11.4 Å². The Hall–Kier alpha value is -1.61. The molecule has 4 atom stereocenters. The number of esters is 1. The zero-order valence-corrected chi connectivity index (χ0v) is 16.6. The number of nitrogens with two attached hydrogens (primary N) is 1. The van der Waals surface area contributed by atoms with Crippen LogP contribution in [0.25, 0.3) is 0 Å². The summed E-state index contributed by atoms with van der Waals surface area (Å²) in [4.78, 5) is 27.8. The number of hydrogen-bond acceptors (Lipinski definition) is 7. The molecule has 27 heavy (non-hydrogen) atoms. The highest BCUT2D eigenvalue weighted by Gasteiger charge is 2.39. The van der Waals surface area contributed by atoms with Gasteiger partial charge in [-0.1, -0.05) is 20.8 Å². The van der Waals surface area contributed by atoms with E-state index >= 15 is 0 Å². The molecule has 0 amide bonds. The second kappa shape index (κ2) is 7.79. The van der Waals surface area contributed by atoms with Crippen molar-refractivity contribution in [3.05, 3.63) is 22.5 Å². The predicted octanol–water partition coefficient (Wildman–Crippen LogP) is 2.70. The standard InChI is InChI=1S/C18H26FN3O4S/c1-10(2)18(3)6-4-5-11(7-18)25-15(23)16-26-13(9-27-16)22-8-12(19)14(20)21-17(22)24/h8,10-11,13,16H,4-7,9H2,1-3H3,(H2,20,21,24)/t11?,13-,16+,18?/m0/s1. The molecule has 9 heteroatoms. The van der Waals surface area contributed by atoms with E-state index < -0.39 is 35.0 Å². The van der Waals surface area contributed by atoms with Gasteiger partial charge in [-0.15, -0.1) is 11.8 Å². The van der Waals surface area contributed by atoms with Crippen molar-refractivity contribution in [2.24, 2.45) is 11.3 Å². The van der Waals surface area contributed by atoms with E-state index in [4.69, 9.17) is 15.2 Å². The molecule has 7 nitrogen and oxygen atoms in total. The molecular weight excluding hydrogens is 373 g/mol. The lowest BCUT2D eigenvalue weighted by Gasteiger charge is -2.41. The molecule has 1 aliphatic heterocycles. The van der Waals surface area contributed by atoms with E-state index in [2.05, 4.69) is 25.8 Å². The number of rotatable bonds is 4. The highest BCUT2D eigenvalue weighted by Crippen LogP contribution is 2.43. The molecule has 2 unspecified atom stereocenters. The van der Waals surface area contributed by atoms with Gasteiger partial charge in [0.05, 0.1) is 6.20 Å². The molecule has 1 aromatic heterocycles. The molecular formula is C18H26FN3O4S. The maximum atomic E-state index is 13.6. The Morgan fingerprint density at radius 3 is 3.00 bits per heavy atom. The molecule has 0 aromatic carbocycles. The Labute approximate surface area is 161 Å². The Balaban J connectivity index is 1.61. The van der Waals surface area contributed by atoms with Gasteiger partial charge in [0.2, 0.25) is 5.44 Å². The van der Waals surface area contributed by atoms with E-state index in [1.165, 1.54) is 11.8 Å². The van der Waals surface area contributed by atoms with E-state index in [1.54, 1.807) is 0 Å². The molecule has 1 saturated carbocycles. The monoisotopic (exact) mass is 399 g/mol. The third-order valence-electron chi connectivity index (χ3n) is 5.75. The second-order valence-electron chi connectivity index (χ2n) is 7.88. The van der Waals surface area contributed by atoms with Gasteiger partial charge in [0, 0.05) is 5.75 Å². The van der Waals surface area contributed by atoms with Crippen molar-refractivity contribution in [2.45, 2.75) is 64.2 Å². The van der Waals surface area contributed by atoms with Gasteiger partial charge in [-0.3, -0.25) is 4.57 Å². The van der Waals surface area contributed by atoms with Crippen LogP contribution in [0.4, 0.5) is 10.2 Å². The molecule has 2 fully saturated rings. The molecule has 2 aliphatic rings. The lowest BCUT2D eigenvalue weighted by atomic mass is 9.67. The van der Waals surface area contributed by atoms with Crippen molar-refractivity contribution in [3.63, 3.8) is 0 Å². The van der Waals surface area contributed by atoms with Crippen molar-refractivity contribution in [1.29, 1.82) is 0 Å². The summed E-state index contributed by atoms with van der Waals surface area (Å²) >= 11 is 1.23. The lowest BCUT2D eigenvalue weighted by Crippen LogP contribution is -2.37. The first kappa shape index (κ1) is 20.1. The fraction of sp³-hybridized carbons (Fsp3) is 0.722. The summed E-state index contributed by atoms with van der Waals surface area (Å²) in [7, 11) is 0. The van der Waals surface area contributed by atoms with Gasteiger partial charge in [0.1, 0.15) is 12.3 Å². The summed E-state index contributed by atoms with van der Waals surface area (Å²) < 4.78 is 26.0. The largest absolute Gasteiger partial charge is 0.460 e. The summed E-state index contributed by atoms with van der Waals surface area (Å²) in [5.74, 6) is -0.871. The fourth-order valence-electron chi connectivity index (χ4n) is 3.63. The molecule has 3 rings (SSSR count). The van der Waals surface area contributed by atoms with Gasteiger partial charge in [0.25, 0.3) is 0 Å². The number of anilines is 1. The molecule has 0 bridgehead atoms. The van der Waals surface area contributed by atoms with E-state index in [0.717, 1.165) is 36.4 Å². The number of nitrogens with zero attached hydrogens (tertiary/aromatic N) is 2. The molecule has 2 heterocycles. The highest BCUT2D eigenvalue weighted by atomic mass is 32.2.